The Morgan fingerprint density at radius 1 is 1.47 bits per heavy atom. The summed E-state index contributed by atoms with van der Waals surface area (Å²) in [5.74, 6) is 0.508. The van der Waals surface area contributed by atoms with Crippen molar-refractivity contribution in [1.82, 2.24) is 0 Å². The minimum absolute atomic E-state index is 0.0119. The van der Waals surface area contributed by atoms with E-state index >= 15 is 0 Å². The Balaban J connectivity index is 2.57. The monoisotopic (exact) mass is 237 g/mol. The summed E-state index contributed by atoms with van der Waals surface area (Å²) in [5.41, 5.74) is 7.88. The molecule has 0 radical (unpaired) electrons. The highest BCUT2D eigenvalue weighted by Gasteiger charge is 2.05. The molecule has 1 aromatic rings. The zero-order valence-electron chi connectivity index (χ0n) is 10.5. The minimum atomic E-state index is -0.269. The molecule has 0 heterocycles. The smallest absolute Gasteiger partial charge is 0.308 e. The van der Waals surface area contributed by atoms with Crippen molar-refractivity contribution in [2.45, 2.75) is 26.3 Å². The van der Waals surface area contributed by atoms with E-state index in [-0.39, 0.29) is 18.4 Å². The number of rotatable bonds is 5. The SMILES string of the molecule is COC(=O)CCOc1ccc([C@@H](C)N)cc1C. The van der Waals surface area contributed by atoms with Crippen molar-refractivity contribution in [1.29, 1.82) is 0 Å². The second-order valence-corrected chi connectivity index (χ2v) is 3.99. The zero-order valence-corrected chi connectivity index (χ0v) is 10.5. The van der Waals surface area contributed by atoms with E-state index in [0.717, 1.165) is 16.9 Å². The van der Waals surface area contributed by atoms with Gasteiger partial charge in [0.2, 0.25) is 0 Å². The highest BCUT2D eigenvalue weighted by atomic mass is 16.5. The van der Waals surface area contributed by atoms with E-state index in [9.17, 15) is 4.79 Å². The first kappa shape index (κ1) is 13.5. The number of benzene rings is 1. The standard InChI is InChI=1S/C13H19NO3/c1-9-8-11(10(2)14)4-5-12(9)17-7-6-13(15)16-3/h4-5,8,10H,6-7,14H2,1-3H3/t10-/m1/s1. The molecule has 0 fully saturated rings. The summed E-state index contributed by atoms with van der Waals surface area (Å²) in [6, 6.07) is 5.83. The number of nitrogens with two attached hydrogens (primary N) is 1. The fraction of sp³-hybridized carbons (Fsp3) is 0.462. The van der Waals surface area contributed by atoms with Crippen LogP contribution in [0.2, 0.25) is 0 Å². The van der Waals surface area contributed by atoms with Crippen LogP contribution in [0.3, 0.4) is 0 Å². The van der Waals surface area contributed by atoms with Gasteiger partial charge in [-0.2, -0.15) is 0 Å². The van der Waals surface area contributed by atoms with Crippen LogP contribution in [0, 0.1) is 6.92 Å². The highest BCUT2D eigenvalue weighted by molar-refractivity contribution is 5.69. The lowest BCUT2D eigenvalue weighted by molar-refractivity contribution is -0.141. The van der Waals surface area contributed by atoms with Crippen molar-refractivity contribution in [2.75, 3.05) is 13.7 Å². The number of ether oxygens (including phenoxy) is 2. The van der Waals surface area contributed by atoms with Crippen LogP contribution >= 0.6 is 0 Å². The first-order valence-electron chi connectivity index (χ1n) is 5.60. The van der Waals surface area contributed by atoms with Gasteiger partial charge in [-0.1, -0.05) is 12.1 Å². The number of esters is 1. The number of carbonyl (C=O) groups excluding carboxylic acids is 1. The van der Waals surface area contributed by atoms with E-state index in [1.54, 1.807) is 0 Å². The minimum Gasteiger partial charge on any atom is -0.493 e. The first-order valence-corrected chi connectivity index (χ1v) is 5.60. The number of aryl methyl sites for hydroxylation is 1. The first-order chi connectivity index (χ1) is 8.04. The van der Waals surface area contributed by atoms with Gasteiger partial charge in [0.25, 0.3) is 0 Å². The summed E-state index contributed by atoms with van der Waals surface area (Å²) >= 11 is 0. The molecule has 0 saturated heterocycles. The molecule has 0 aliphatic heterocycles. The molecule has 0 bridgehead atoms. The fourth-order valence-electron chi connectivity index (χ4n) is 1.46. The average molecular weight is 237 g/mol. The number of hydrogen-bond acceptors (Lipinski definition) is 4. The van der Waals surface area contributed by atoms with Gasteiger partial charge in [0.1, 0.15) is 5.75 Å². The molecule has 94 valence electrons. The largest absolute Gasteiger partial charge is 0.493 e. The molecular formula is C13H19NO3. The van der Waals surface area contributed by atoms with Crippen molar-refractivity contribution in [3.8, 4) is 5.75 Å². The van der Waals surface area contributed by atoms with Gasteiger partial charge in [0, 0.05) is 6.04 Å². The van der Waals surface area contributed by atoms with Crippen molar-refractivity contribution >= 4 is 5.97 Å². The Morgan fingerprint density at radius 2 is 2.18 bits per heavy atom. The van der Waals surface area contributed by atoms with Gasteiger partial charge in [-0.3, -0.25) is 4.79 Å². The quantitative estimate of drug-likeness (QED) is 0.795. The van der Waals surface area contributed by atoms with Gasteiger partial charge in [-0.15, -0.1) is 0 Å². The maximum absolute atomic E-state index is 10.9. The maximum Gasteiger partial charge on any atom is 0.308 e. The van der Waals surface area contributed by atoms with Crippen molar-refractivity contribution < 1.29 is 14.3 Å². The molecule has 4 heteroatoms. The third-order valence-electron chi connectivity index (χ3n) is 2.52. The van der Waals surface area contributed by atoms with E-state index in [1.165, 1.54) is 7.11 Å². The topological polar surface area (TPSA) is 61.5 Å². The summed E-state index contributed by atoms with van der Waals surface area (Å²) in [4.78, 5) is 10.9. The Bertz CT molecular complexity index is 388. The van der Waals surface area contributed by atoms with Gasteiger partial charge >= 0.3 is 5.97 Å². The van der Waals surface area contributed by atoms with Crippen LogP contribution in [0.1, 0.15) is 30.5 Å². The molecular weight excluding hydrogens is 218 g/mol. The molecule has 17 heavy (non-hydrogen) atoms. The Kier molecular flexibility index (Phi) is 4.97. The second-order valence-electron chi connectivity index (χ2n) is 3.99. The van der Waals surface area contributed by atoms with Crippen molar-refractivity contribution in [2.24, 2.45) is 5.73 Å². The van der Waals surface area contributed by atoms with Gasteiger partial charge in [0.05, 0.1) is 20.1 Å². The maximum atomic E-state index is 10.9. The Labute approximate surface area is 102 Å². The lowest BCUT2D eigenvalue weighted by Gasteiger charge is -2.11. The van der Waals surface area contributed by atoms with E-state index in [4.69, 9.17) is 10.5 Å². The summed E-state index contributed by atoms with van der Waals surface area (Å²) in [6.45, 7) is 4.22. The molecule has 1 atom stereocenters. The van der Waals surface area contributed by atoms with E-state index < -0.39 is 0 Å². The summed E-state index contributed by atoms with van der Waals surface area (Å²) in [7, 11) is 1.37. The van der Waals surface area contributed by atoms with Crippen LogP contribution in [0.4, 0.5) is 0 Å². The molecule has 0 unspecified atom stereocenters. The normalized spacial score (nSPS) is 12.0. The van der Waals surface area contributed by atoms with Crippen LogP contribution in [-0.2, 0) is 9.53 Å². The highest BCUT2D eigenvalue weighted by Crippen LogP contribution is 2.21. The molecule has 2 N–H and O–H groups in total. The van der Waals surface area contributed by atoms with Crippen LogP contribution in [0.5, 0.6) is 5.75 Å². The average Bonchev–Trinajstić information content (AvgIpc) is 2.30. The molecule has 0 aromatic heterocycles. The Morgan fingerprint density at radius 3 is 2.71 bits per heavy atom. The van der Waals surface area contributed by atoms with Gasteiger partial charge in [-0.25, -0.2) is 0 Å². The third kappa shape index (κ3) is 4.07. The van der Waals surface area contributed by atoms with Gasteiger partial charge in [0.15, 0.2) is 0 Å². The van der Waals surface area contributed by atoms with Crippen molar-refractivity contribution in [3.63, 3.8) is 0 Å². The second kappa shape index (κ2) is 6.25. The van der Waals surface area contributed by atoms with E-state index in [1.807, 2.05) is 32.0 Å². The molecule has 0 saturated carbocycles. The molecule has 0 amide bonds. The molecule has 0 aliphatic carbocycles. The molecule has 0 aliphatic rings. The number of hydrogen-bond donors (Lipinski definition) is 1. The third-order valence-corrected chi connectivity index (χ3v) is 2.52. The van der Waals surface area contributed by atoms with Crippen LogP contribution in [0.15, 0.2) is 18.2 Å². The number of methoxy groups -OCH3 is 1. The predicted octanol–water partition coefficient (Wildman–Crippen LogP) is 1.96. The summed E-state index contributed by atoms with van der Waals surface area (Å²) in [6.07, 6.45) is 0.255. The zero-order chi connectivity index (χ0) is 12.8. The van der Waals surface area contributed by atoms with E-state index in [2.05, 4.69) is 4.74 Å². The Hall–Kier alpha value is -1.55. The fourth-order valence-corrected chi connectivity index (χ4v) is 1.46. The molecule has 1 rings (SSSR count). The molecule has 4 nitrogen and oxygen atoms in total. The van der Waals surface area contributed by atoms with Gasteiger partial charge < -0.3 is 15.2 Å². The van der Waals surface area contributed by atoms with Gasteiger partial charge in [-0.05, 0) is 31.0 Å². The van der Waals surface area contributed by atoms with Crippen LogP contribution in [-0.4, -0.2) is 19.7 Å². The summed E-state index contributed by atoms with van der Waals surface area (Å²) < 4.78 is 10.0. The van der Waals surface area contributed by atoms with Crippen LogP contribution in [0.25, 0.3) is 0 Å². The number of carbonyl (C=O) groups is 1. The predicted molar refractivity (Wildman–Crippen MR) is 65.9 cm³/mol. The molecule has 1 aromatic carbocycles. The van der Waals surface area contributed by atoms with Crippen LogP contribution < -0.4 is 10.5 Å². The molecule has 0 spiro atoms. The lowest BCUT2D eigenvalue weighted by atomic mass is 10.1. The van der Waals surface area contributed by atoms with Crippen molar-refractivity contribution in [3.05, 3.63) is 29.3 Å². The van der Waals surface area contributed by atoms with E-state index in [0.29, 0.717) is 6.61 Å². The lowest BCUT2D eigenvalue weighted by Crippen LogP contribution is -2.09. The summed E-state index contributed by atoms with van der Waals surface area (Å²) in [5, 5.41) is 0.